The molecule has 0 unspecified atom stereocenters. The average Bonchev–Trinajstić information content (AvgIpc) is 3.05. The van der Waals surface area contributed by atoms with Gasteiger partial charge in [0.05, 0.1) is 30.0 Å². The minimum Gasteiger partial charge on any atom is -0.395 e. The Balaban J connectivity index is 1.87. The lowest BCUT2D eigenvalue weighted by Crippen LogP contribution is -2.27. The molecule has 0 bridgehead atoms. The van der Waals surface area contributed by atoms with Crippen LogP contribution in [0.4, 0.5) is 0 Å². The van der Waals surface area contributed by atoms with E-state index in [2.05, 4.69) is 10.5 Å². The summed E-state index contributed by atoms with van der Waals surface area (Å²) in [5, 5.41) is 16.4. The maximum Gasteiger partial charge on any atom is 0.222 e. The molecular weight excluding hydrogens is 390 g/mol. The second kappa shape index (κ2) is 8.19. The van der Waals surface area contributed by atoms with Gasteiger partial charge in [0.1, 0.15) is 6.04 Å². The van der Waals surface area contributed by atoms with E-state index in [1.165, 1.54) is 0 Å². The van der Waals surface area contributed by atoms with Crippen molar-refractivity contribution in [1.29, 1.82) is 0 Å². The number of carbonyl (C=O) groups excluding carboxylic acids is 1. The number of aliphatic hydroxyl groups is 1. The summed E-state index contributed by atoms with van der Waals surface area (Å²) in [4.78, 5) is 17.3. The summed E-state index contributed by atoms with van der Waals surface area (Å²) in [5.74, 6) is 0.354. The Morgan fingerprint density at radius 3 is 2.62 bits per heavy atom. The van der Waals surface area contributed by atoms with Crippen LogP contribution in [0, 0.1) is 6.92 Å². The Morgan fingerprint density at radius 1 is 1.17 bits per heavy atom. The number of aryl methyl sites for hydroxylation is 1. The van der Waals surface area contributed by atoms with Gasteiger partial charge < -0.3 is 14.9 Å². The highest BCUT2D eigenvalue weighted by Gasteiger charge is 2.31. The van der Waals surface area contributed by atoms with Crippen LogP contribution in [0.2, 0.25) is 5.02 Å². The summed E-state index contributed by atoms with van der Waals surface area (Å²) in [6.07, 6.45) is 0.0900. The molecule has 0 fully saturated rings. The van der Waals surface area contributed by atoms with E-state index >= 15 is 0 Å². The molecule has 2 aromatic carbocycles. The molecule has 0 aliphatic carbocycles. The van der Waals surface area contributed by atoms with Crippen LogP contribution in [0.3, 0.4) is 0 Å². The monoisotopic (exact) mass is 409 g/mol. The zero-order valence-electron chi connectivity index (χ0n) is 15.9. The lowest BCUT2D eigenvalue weighted by atomic mass is 9.93. The number of halogens is 1. The zero-order chi connectivity index (χ0) is 20.4. The van der Waals surface area contributed by atoms with Gasteiger partial charge in [-0.25, -0.2) is 0 Å². The van der Waals surface area contributed by atoms with Gasteiger partial charge in [-0.3, -0.25) is 9.79 Å². The van der Waals surface area contributed by atoms with Crippen molar-refractivity contribution < 1.29 is 14.4 Å². The first-order chi connectivity index (χ1) is 14.1. The van der Waals surface area contributed by atoms with E-state index in [9.17, 15) is 4.79 Å². The number of rotatable bonds is 5. The molecule has 1 amide bonds. The van der Waals surface area contributed by atoms with E-state index in [1.807, 2.05) is 55.5 Å². The number of amides is 1. The second-order valence-corrected chi connectivity index (χ2v) is 7.27. The minimum atomic E-state index is -0.539. The van der Waals surface area contributed by atoms with Gasteiger partial charge in [-0.2, -0.15) is 0 Å². The summed E-state index contributed by atoms with van der Waals surface area (Å²) in [7, 11) is 0. The number of hydrogen-bond donors (Lipinski definition) is 2. The SMILES string of the molecule is Cc1noc2c1-c1ccccc1C(c1ccc(Cl)cc1)=N[C@H]2CC(=O)NCCO. The third-order valence-electron chi connectivity index (χ3n) is 4.86. The van der Waals surface area contributed by atoms with Crippen LogP contribution in [-0.4, -0.2) is 35.0 Å². The van der Waals surface area contributed by atoms with Gasteiger partial charge in [0.2, 0.25) is 5.91 Å². The van der Waals surface area contributed by atoms with Gasteiger partial charge in [-0.15, -0.1) is 0 Å². The van der Waals surface area contributed by atoms with Crippen molar-refractivity contribution in [2.45, 2.75) is 19.4 Å². The number of carbonyl (C=O) groups is 1. The maximum atomic E-state index is 12.4. The number of aliphatic imine (C=N–C) groups is 1. The fourth-order valence-electron chi connectivity index (χ4n) is 3.55. The molecule has 1 aromatic heterocycles. The quantitative estimate of drug-likeness (QED) is 0.672. The smallest absolute Gasteiger partial charge is 0.222 e. The first kappa shape index (κ1) is 19.4. The van der Waals surface area contributed by atoms with Crippen molar-refractivity contribution in [3.8, 4) is 11.1 Å². The van der Waals surface area contributed by atoms with Gasteiger partial charge in [0.15, 0.2) is 5.76 Å². The molecule has 0 saturated carbocycles. The van der Waals surface area contributed by atoms with E-state index in [-0.39, 0.29) is 25.5 Å². The predicted octanol–water partition coefficient (Wildman–Crippen LogP) is 3.69. The zero-order valence-corrected chi connectivity index (χ0v) is 16.6. The lowest BCUT2D eigenvalue weighted by Gasteiger charge is -2.12. The van der Waals surface area contributed by atoms with Crippen molar-refractivity contribution in [2.24, 2.45) is 4.99 Å². The van der Waals surface area contributed by atoms with Crippen molar-refractivity contribution in [1.82, 2.24) is 10.5 Å². The third-order valence-corrected chi connectivity index (χ3v) is 5.11. The Hall–Kier alpha value is -2.96. The predicted molar refractivity (Wildman–Crippen MR) is 111 cm³/mol. The summed E-state index contributed by atoms with van der Waals surface area (Å²) < 4.78 is 5.64. The molecule has 1 aliphatic rings. The van der Waals surface area contributed by atoms with Gasteiger partial charge in [0.25, 0.3) is 0 Å². The molecule has 29 heavy (non-hydrogen) atoms. The van der Waals surface area contributed by atoms with Crippen LogP contribution >= 0.6 is 11.6 Å². The summed E-state index contributed by atoms with van der Waals surface area (Å²) in [6, 6.07) is 14.9. The molecule has 148 valence electrons. The normalized spacial score (nSPS) is 15.1. The highest BCUT2D eigenvalue weighted by Crippen LogP contribution is 2.40. The van der Waals surface area contributed by atoms with Crippen LogP contribution in [-0.2, 0) is 4.79 Å². The van der Waals surface area contributed by atoms with Gasteiger partial charge in [0, 0.05) is 22.7 Å². The first-order valence-electron chi connectivity index (χ1n) is 9.35. The number of hydrogen-bond acceptors (Lipinski definition) is 5. The Morgan fingerprint density at radius 2 is 1.90 bits per heavy atom. The van der Waals surface area contributed by atoms with E-state index in [0.717, 1.165) is 33.7 Å². The molecule has 0 spiro atoms. The number of fused-ring (bicyclic) bond motifs is 3. The molecule has 1 aliphatic heterocycles. The second-order valence-electron chi connectivity index (χ2n) is 6.83. The standard InChI is InChI=1S/C22H20ClN3O3/c1-13-20-16-4-2-3-5-17(16)21(14-6-8-15(23)9-7-14)25-18(22(20)29-26-13)12-19(28)24-10-11-27/h2-9,18,27H,10-12H2,1H3,(H,24,28)/t18-/m0/s1. The summed E-state index contributed by atoms with van der Waals surface area (Å²) in [6.45, 7) is 1.96. The topological polar surface area (TPSA) is 87.7 Å². The molecule has 4 rings (SSSR count). The Kier molecular flexibility index (Phi) is 5.47. The van der Waals surface area contributed by atoms with Crippen LogP contribution < -0.4 is 5.32 Å². The highest BCUT2D eigenvalue weighted by molar-refractivity contribution is 6.30. The Labute approximate surface area is 173 Å². The molecule has 0 radical (unpaired) electrons. The van der Waals surface area contributed by atoms with Crippen molar-refractivity contribution >= 4 is 23.2 Å². The molecular formula is C22H20ClN3O3. The largest absolute Gasteiger partial charge is 0.395 e. The summed E-state index contributed by atoms with van der Waals surface area (Å²) >= 11 is 6.07. The molecule has 3 aromatic rings. The van der Waals surface area contributed by atoms with Crippen molar-refractivity contribution in [2.75, 3.05) is 13.2 Å². The van der Waals surface area contributed by atoms with E-state index in [1.54, 1.807) is 0 Å². The van der Waals surface area contributed by atoms with Gasteiger partial charge >= 0.3 is 0 Å². The van der Waals surface area contributed by atoms with Crippen LogP contribution in [0.1, 0.15) is 35.0 Å². The number of benzene rings is 2. The first-order valence-corrected chi connectivity index (χ1v) is 9.73. The van der Waals surface area contributed by atoms with Crippen molar-refractivity contribution in [3.63, 3.8) is 0 Å². The fourth-order valence-corrected chi connectivity index (χ4v) is 3.68. The summed E-state index contributed by atoms with van der Waals surface area (Å²) in [5.41, 5.74) is 5.20. The van der Waals surface area contributed by atoms with Crippen LogP contribution in [0.15, 0.2) is 58.0 Å². The molecule has 7 heteroatoms. The van der Waals surface area contributed by atoms with Crippen molar-refractivity contribution in [3.05, 3.63) is 76.1 Å². The average molecular weight is 410 g/mol. The maximum absolute atomic E-state index is 12.4. The number of nitrogens with one attached hydrogen (secondary N) is 1. The van der Waals surface area contributed by atoms with E-state index in [0.29, 0.717) is 10.8 Å². The molecule has 6 nitrogen and oxygen atoms in total. The van der Waals surface area contributed by atoms with Crippen LogP contribution in [0.5, 0.6) is 0 Å². The number of aliphatic hydroxyl groups excluding tert-OH is 1. The highest BCUT2D eigenvalue weighted by atomic mass is 35.5. The number of aromatic nitrogens is 1. The van der Waals surface area contributed by atoms with E-state index in [4.69, 9.17) is 26.2 Å². The molecule has 0 saturated heterocycles. The van der Waals surface area contributed by atoms with Crippen LogP contribution in [0.25, 0.3) is 11.1 Å². The van der Waals surface area contributed by atoms with Gasteiger partial charge in [-0.05, 0) is 24.6 Å². The number of nitrogens with zero attached hydrogens (tertiary/aromatic N) is 2. The molecule has 2 N–H and O–H groups in total. The van der Waals surface area contributed by atoms with Gasteiger partial charge in [-0.1, -0.05) is 53.2 Å². The lowest BCUT2D eigenvalue weighted by molar-refractivity contribution is -0.121. The fraction of sp³-hybridized carbons (Fsp3) is 0.227. The molecule has 2 heterocycles. The third kappa shape index (κ3) is 3.81. The molecule has 1 atom stereocenters. The minimum absolute atomic E-state index is 0.0900. The van der Waals surface area contributed by atoms with E-state index < -0.39 is 6.04 Å². The Bertz CT molecular complexity index is 1070.